The monoisotopic (exact) mass is 786 g/mol. The Morgan fingerprint density at radius 2 is 0.696 bits per heavy atom. The number of anilines is 6. The quantitative estimate of drug-likeness (QED) is 0.161. The van der Waals surface area contributed by atoms with Crippen molar-refractivity contribution >= 4 is 105 Å². The summed E-state index contributed by atoms with van der Waals surface area (Å²) in [7, 11) is -4.04. The molecule has 12 rings (SSSR count). The Kier molecular flexibility index (Phi) is 6.85. The molecule has 6 heteroatoms. The molecule has 4 heterocycles. The molecule has 0 fully saturated rings. The van der Waals surface area contributed by atoms with Crippen molar-refractivity contribution in [2.45, 2.75) is 45.8 Å². The number of para-hydroxylation sites is 4. The molecule has 0 aromatic heterocycles. The molecule has 0 aliphatic carbocycles. The van der Waals surface area contributed by atoms with Gasteiger partial charge in [-0.2, -0.15) is 0 Å². The van der Waals surface area contributed by atoms with Gasteiger partial charge >= 0.3 is 0 Å². The van der Waals surface area contributed by atoms with Crippen molar-refractivity contribution in [2.24, 2.45) is 0 Å². The zero-order valence-electron chi connectivity index (χ0n) is 31.7. The van der Waals surface area contributed by atoms with E-state index in [0.29, 0.717) is 0 Å². The van der Waals surface area contributed by atoms with Crippen LogP contribution in [0, 0.1) is 0 Å². The molecule has 4 aliphatic heterocycles. The average Bonchev–Trinajstić information content (AvgIpc) is 3.60. The molecule has 8 aromatic carbocycles. The van der Waals surface area contributed by atoms with Crippen molar-refractivity contribution in [3.05, 3.63) is 158 Å². The van der Waals surface area contributed by atoms with Gasteiger partial charge in [-0.05, 0) is 127 Å². The Morgan fingerprint density at radius 1 is 0.357 bits per heavy atom. The van der Waals surface area contributed by atoms with E-state index in [9.17, 15) is 0 Å². The molecular weight excluding hydrogens is 749 g/mol. The third-order valence-corrected chi connectivity index (χ3v) is 22.1. The Bertz CT molecular complexity index is 2730. The summed E-state index contributed by atoms with van der Waals surface area (Å²) in [6, 6.07) is 60.0. The predicted molar refractivity (Wildman–Crippen MR) is 246 cm³/mol. The van der Waals surface area contributed by atoms with Crippen LogP contribution in [0.2, 0.25) is 26.2 Å². The van der Waals surface area contributed by atoms with E-state index in [4.69, 9.17) is 0 Å². The topological polar surface area (TPSA) is 6.48 Å². The first-order valence-corrected chi connectivity index (χ1v) is 27.1. The first kappa shape index (κ1) is 32.9. The van der Waals surface area contributed by atoms with Gasteiger partial charge in [0.1, 0.15) is 16.1 Å². The number of hydrogen-bond acceptors (Lipinski definition) is 4. The molecular formula is C50H38N2S2Si2. The van der Waals surface area contributed by atoms with Crippen molar-refractivity contribution in [3.8, 4) is 22.3 Å². The van der Waals surface area contributed by atoms with E-state index in [0.717, 1.165) is 0 Å². The molecule has 56 heavy (non-hydrogen) atoms. The summed E-state index contributed by atoms with van der Waals surface area (Å²) >= 11 is 3.74. The SMILES string of the molecule is C[Si]1(C)c2cc(N3c4ccccc4Sc4ccccc43)ccc2-c2c1ccc1c3c(ccc21)[Si](C)(C)c1cc(N2c4ccccc4Sc4ccccc42)ccc1-3. The van der Waals surface area contributed by atoms with Gasteiger partial charge in [-0.25, -0.2) is 0 Å². The van der Waals surface area contributed by atoms with Crippen molar-refractivity contribution in [2.75, 3.05) is 9.80 Å². The van der Waals surface area contributed by atoms with E-state index in [1.807, 2.05) is 23.5 Å². The summed E-state index contributed by atoms with van der Waals surface area (Å²) in [5.74, 6) is 0. The minimum Gasteiger partial charge on any atom is -0.308 e. The van der Waals surface area contributed by atoms with Crippen LogP contribution in [0.4, 0.5) is 34.1 Å². The molecule has 4 aliphatic rings. The zero-order valence-corrected chi connectivity index (χ0v) is 35.4. The van der Waals surface area contributed by atoms with Crippen molar-refractivity contribution in [1.29, 1.82) is 0 Å². The van der Waals surface area contributed by atoms with Crippen LogP contribution in [-0.4, -0.2) is 16.1 Å². The maximum absolute atomic E-state index is 2.55. The van der Waals surface area contributed by atoms with Crippen LogP contribution in [-0.2, 0) is 0 Å². The highest BCUT2D eigenvalue weighted by atomic mass is 32.2. The van der Waals surface area contributed by atoms with E-state index < -0.39 is 16.1 Å². The highest BCUT2D eigenvalue weighted by Gasteiger charge is 2.43. The number of rotatable bonds is 2. The van der Waals surface area contributed by atoms with Gasteiger partial charge in [-0.15, -0.1) is 0 Å². The molecule has 0 spiro atoms. The second-order valence-corrected chi connectivity index (χ2v) is 27.3. The lowest BCUT2D eigenvalue weighted by Crippen LogP contribution is -2.49. The summed E-state index contributed by atoms with van der Waals surface area (Å²) in [5.41, 5.74) is 13.3. The van der Waals surface area contributed by atoms with Crippen LogP contribution in [0.1, 0.15) is 0 Å². The maximum atomic E-state index is 2.55. The van der Waals surface area contributed by atoms with Crippen LogP contribution in [0.3, 0.4) is 0 Å². The van der Waals surface area contributed by atoms with Crippen molar-refractivity contribution < 1.29 is 0 Å². The van der Waals surface area contributed by atoms with Gasteiger partial charge in [0.15, 0.2) is 0 Å². The fraction of sp³-hybridized carbons (Fsp3) is 0.0800. The van der Waals surface area contributed by atoms with E-state index in [1.54, 1.807) is 10.4 Å². The second-order valence-electron chi connectivity index (χ2n) is 16.5. The maximum Gasteiger partial charge on any atom is 0.113 e. The fourth-order valence-electron chi connectivity index (χ4n) is 10.1. The molecule has 0 atom stereocenters. The number of nitrogens with zero attached hydrogens (tertiary/aromatic N) is 2. The zero-order chi connectivity index (χ0) is 37.5. The Labute approximate surface area is 338 Å². The van der Waals surface area contributed by atoms with Crippen LogP contribution >= 0.6 is 23.5 Å². The van der Waals surface area contributed by atoms with Crippen LogP contribution in [0.25, 0.3) is 33.0 Å². The third-order valence-electron chi connectivity index (χ3n) is 12.8. The number of benzene rings is 8. The Balaban J connectivity index is 1.01. The molecule has 0 saturated carbocycles. The first-order valence-electron chi connectivity index (χ1n) is 19.5. The second kappa shape index (κ2) is 11.6. The molecule has 8 aromatic rings. The Hall–Kier alpha value is -5.25. The van der Waals surface area contributed by atoms with E-state index in [2.05, 4.69) is 194 Å². The molecule has 2 nitrogen and oxygen atoms in total. The molecule has 0 N–H and O–H groups in total. The van der Waals surface area contributed by atoms with E-state index in [1.165, 1.54) is 97.1 Å². The third kappa shape index (κ3) is 4.41. The van der Waals surface area contributed by atoms with Gasteiger partial charge in [0.25, 0.3) is 0 Å². The standard InChI is InChI=1S/C50H38N2S2Si2/c1-55(2)45-27-25-34-33(49(45)35-23-21-31(29-47(35)55)51-37-13-5-9-17-41(37)53-42-18-10-6-14-38(42)51)26-28-46-50(34)36-24-22-32(30-48(36)56(46,3)4)52-39-15-7-11-19-43(39)54-44-20-12-8-16-40(44)52/h5-30H,1-4H3. The van der Waals surface area contributed by atoms with Crippen molar-refractivity contribution in [3.63, 3.8) is 0 Å². The van der Waals surface area contributed by atoms with Gasteiger partial charge in [-0.3, -0.25) is 0 Å². The molecule has 0 unspecified atom stereocenters. The minimum atomic E-state index is -2.02. The molecule has 0 radical (unpaired) electrons. The summed E-state index contributed by atoms with van der Waals surface area (Å²) < 4.78 is 0. The normalized spacial score (nSPS) is 15.9. The minimum absolute atomic E-state index is 1.25. The van der Waals surface area contributed by atoms with Gasteiger partial charge < -0.3 is 9.80 Å². The van der Waals surface area contributed by atoms with Crippen LogP contribution in [0.5, 0.6) is 0 Å². The lowest BCUT2D eigenvalue weighted by Gasteiger charge is -2.33. The summed E-state index contributed by atoms with van der Waals surface area (Å²) in [4.78, 5) is 10.2. The van der Waals surface area contributed by atoms with E-state index >= 15 is 0 Å². The van der Waals surface area contributed by atoms with E-state index in [-0.39, 0.29) is 0 Å². The van der Waals surface area contributed by atoms with Crippen LogP contribution < -0.4 is 30.5 Å². The number of hydrogen-bond donors (Lipinski definition) is 0. The molecule has 0 saturated heterocycles. The summed E-state index contributed by atoms with van der Waals surface area (Å²) in [5, 5.41) is 8.97. The smallest absolute Gasteiger partial charge is 0.113 e. The van der Waals surface area contributed by atoms with Gasteiger partial charge in [0.05, 0.1) is 22.7 Å². The highest BCUT2D eigenvalue weighted by molar-refractivity contribution is 8.00. The largest absolute Gasteiger partial charge is 0.308 e. The average molecular weight is 787 g/mol. The van der Waals surface area contributed by atoms with Crippen molar-refractivity contribution in [1.82, 2.24) is 0 Å². The van der Waals surface area contributed by atoms with Gasteiger partial charge in [0, 0.05) is 31.0 Å². The first-order chi connectivity index (χ1) is 27.3. The summed E-state index contributed by atoms with van der Waals surface area (Å²) in [6.45, 7) is 10.2. The van der Waals surface area contributed by atoms with Gasteiger partial charge in [0.2, 0.25) is 0 Å². The lowest BCUT2D eigenvalue weighted by molar-refractivity contribution is 1.17. The molecule has 0 bridgehead atoms. The van der Waals surface area contributed by atoms with Crippen LogP contribution in [0.15, 0.2) is 177 Å². The predicted octanol–water partition coefficient (Wildman–Crippen LogP) is 12.3. The van der Waals surface area contributed by atoms with Gasteiger partial charge in [-0.1, -0.05) is 135 Å². The number of fused-ring (bicyclic) bond motifs is 13. The highest BCUT2D eigenvalue weighted by Crippen LogP contribution is 2.53. The lowest BCUT2D eigenvalue weighted by atomic mass is 9.92. The summed E-state index contributed by atoms with van der Waals surface area (Å²) in [6.07, 6.45) is 0. The molecule has 268 valence electrons. The Morgan fingerprint density at radius 3 is 1.05 bits per heavy atom. The fourth-order valence-corrected chi connectivity index (χ4v) is 18.4. The molecule has 0 amide bonds.